The summed E-state index contributed by atoms with van der Waals surface area (Å²) in [6.07, 6.45) is 11.5. The Balaban J connectivity index is 1.73. The van der Waals surface area contributed by atoms with Crippen LogP contribution in [0.1, 0.15) is 94.0 Å². The summed E-state index contributed by atoms with van der Waals surface area (Å²) in [5.74, 6) is -0.280. The Bertz CT molecular complexity index is 910. The first kappa shape index (κ1) is 26.6. The number of carbonyl (C=O) groups is 2. The number of amides is 2. The Morgan fingerprint density at radius 1 is 0.848 bits per heavy atom. The number of carbonyl (C=O) groups excluding carboxylic acids is 2. The van der Waals surface area contributed by atoms with Crippen LogP contribution >= 0.6 is 11.6 Å². The van der Waals surface area contributed by atoms with E-state index in [0.29, 0.717) is 28.4 Å². The molecule has 0 aliphatic rings. The van der Waals surface area contributed by atoms with Gasteiger partial charge in [0.15, 0.2) is 0 Å². The van der Waals surface area contributed by atoms with Gasteiger partial charge in [-0.3, -0.25) is 9.59 Å². The van der Waals surface area contributed by atoms with E-state index in [1.165, 1.54) is 44.9 Å². The third-order valence-corrected chi connectivity index (χ3v) is 5.75. The van der Waals surface area contributed by atoms with Crippen LogP contribution in [0.2, 0.25) is 5.02 Å². The van der Waals surface area contributed by atoms with Crippen molar-refractivity contribution < 1.29 is 9.59 Å². The summed E-state index contributed by atoms with van der Waals surface area (Å²) in [5, 5.41) is 7.68. The zero-order valence-corrected chi connectivity index (χ0v) is 20.6. The Morgan fingerprint density at radius 2 is 1.48 bits per heavy atom. The average molecular weight is 470 g/mol. The van der Waals surface area contributed by atoms with Crippen molar-refractivity contribution in [1.29, 1.82) is 0 Å². The van der Waals surface area contributed by atoms with Gasteiger partial charge in [-0.2, -0.15) is 5.10 Å². The highest BCUT2D eigenvalue weighted by molar-refractivity contribution is 6.30. The summed E-state index contributed by atoms with van der Waals surface area (Å²) in [6, 6.07) is 14.1. The molecule has 0 spiro atoms. The molecule has 0 radical (unpaired) electrons. The minimum atomic E-state index is -0.215. The number of hydrogen-bond donors (Lipinski definition) is 2. The van der Waals surface area contributed by atoms with E-state index in [4.69, 9.17) is 11.6 Å². The molecule has 0 bridgehead atoms. The SMILES string of the molecule is CCCCCCCCCCCC(=O)N/N=C(/C)c1cccc(NC(=O)c2ccc(Cl)cc2)c1. The van der Waals surface area contributed by atoms with Gasteiger partial charge >= 0.3 is 0 Å². The van der Waals surface area contributed by atoms with Crippen molar-refractivity contribution in [3.63, 3.8) is 0 Å². The number of hydrazone groups is 1. The summed E-state index contributed by atoms with van der Waals surface area (Å²) in [4.78, 5) is 24.5. The molecule has 0 aliphatic carbocycles. The van der Waals surface area contributed by atoms with Crippen LogP contribution in [0.4, 0.5) is 5.69 Å². The number of nitrogens with one attached hydrogen (secondary N) is 2. The van der Waals surface area contributed by atoms with Gasteiger partial charge < -0.3 is 5.32 Å². The van der Waals surface area contributed by atoms with Gasteiger partial charge in [-0.1, -0.05) is 82.0 Å². The highest BCUT2D eigenvalue weighted by Gasteiger charge is 2.07. The summed E-state index contributed by atoms with van der Waals surface area (Å²) in [6.45, 7) is 4.07. The van der Waals surface area contributed by atoms with Crippen molar-refractivity contribution in [2.75, 3.05) is 5.32 Å². The maximum Gasteiger partial charge on any atom is 0.255 e. The number of hydrogen-bond acceptors (Lipinski definition) is 3. The van der Waals surface area contributed by atoms with Crippen molar-refractivity contribution >= 4 is 34.8 Å². The third kappa shape index (κ3) is 10.7. The molecule has 0 aromatic heterocycles. The second-order valence-corrected chi connectivity index (χ2v) is 8.79. The summed E-state index contributed by atoms with van der Waals surface area (Å²) >= 11 is 5.88. The molecule has 33 heavy (non-hydrogen) atoms. The fraction of sp³-hybridized carbons (Fsp3) is 0.444. The molecule has 5 nitrogen and oxygen atoms in total. The Labute approximate surface area is 203 Å². The number of anilines is 1. The summed E-state index contributed by atoms with van der Waals surface area (Å²) in [7, 11) is 0. The number of unbranched alkanes of at least 4 members (excludes halogenated alkanes) is 8. The molecule has 0 heterocycles. The molecule has 2 N–H and O–H groups in total. The summed E-state index contributed by atoms with van der Waals surface area (Å²) in [5.41, 5.74) is 5.33. The molecular formula is C27H36ClN3O2. The van der Waals surface area contributed by atoms with Crippen molar-refractivity contribution in [3.05, 3.63) is 64.7 Å². The standard InChI is InChI=1S/C27H36ClN3O2/c1-3-4-5-6-7-8-9-10-11-15-26(32)31-30-21(2)23-13-12-14-25(20-23)29-27(33)22-16-18-24(28)19-17-22/h12-14,16-20H,3-11,15H2,1-2H3,(H,29,33)(H,31,32)/b30-21-. The van der Waals surface area contributed by atoms with Crippen molar-refractivity contribution in [3.8, 4) is 0 Å². The Hall–Kier alpha value is -2.66. The van der Waals surface area contributed by atoms with E-state index in [-0.39, 0.29) is 11.8 Å². The van der Waals surface area contributed by atoms with Crippen molar-refractivity contribution in [2.24, 2.45) is 5.10 Å². The molecule has 2 amide bonds. The lowest BCUT2D eigenvalue weighted by Gasteiger charge is -2.08. The van der Waals surface area contributed by atoms with Gasteiger partial charge in [0.25, 0.3) is 5.91 Å². The van der Waals surface area contributed by atoms with E-state index in [1.54, 1.807) is 24.3 Å². The molecule has 0 aliphatic heterocycles. The molecule has 0 fully saturated rings. The molecule has 2 rings (SSSR count). The zero-order chi connectivity index (χ0) is 23.9. The normalized spacial score (nSPS) is 11.3. The summed E-state index contributed by atoms with van der Waals surface area (Å²) < 4.78 is 0. The molecule has 0 atom stereocenters. The van der Waals surface area contributed by atoms with Gasteiger partial charge in [0.05, 0.1) is 5.71 Å². The van der Waals surface area contributed by atoms with Crippen LogP contribution in [0.5, 0.6) is 0 Å². The maximum atomic E-state index is 12.4. The molecule has 6 heteroatoms. The highest BCUT2D eigenvalue weighted by Crippen LogP contribution is 2.15. The zero-order valence-electron chi connectivity index (χ0n) is 19.8. The fourth-order valence-electron chi connectivity index (χ4n) is 3.49. The first-order valence-corrected chi connectivity index (χ1v) is 12.4. The number of rotatable bonds is 14. The molecule has 0 saturated heterocycles. The second-order valence-electron chi connectivity index (χ2n) is 8.35. The average Bonchev–Trinajstić information content (AvgIpc) is 2.82. The minimum absolute atomic E-state index is 0.0653. The quantitative estimate of drug-likeness (QED) is 0.172. The lowest BCUT2D eigenvalue weighted by molar-refractivity contribution is -0.121. The topological polar surface area (TPSA) is 70.6 Å². The van der Waals surface area contributed by atoms with Gasteiger partial charge in [0.2, 0.25) is 5.91 Å². The second kappa shape index (κ2) is 15.2. The van der Waals surface area contributed by atoms with Crippen molar-refractivity contribution in [2.45, 2.75) is 78.1 Å². The number of halogens is 1. The van der Waals surface area contributed by atoms with E-state index in [1.807, 2.05) is 31.2 Å². The van der Waals surface area contributed by atoms with E-state index in [2.05, 4.69) is 22.8 Å². The minimum Gasteiger partial charge on any atom is -0.322 e. The van der Waals surface area contributed by atoms with E-state index in [9.17, 15) is 9.59 Å². The van der Waals surface area contributed by atoms with E-state index < -0.39 is 0 Å². The van der Waals surface area contributed by atoms with Gasteiger partial charge in [-0.15, -0.1) is 0 Å². The van der Waals surface area contributed by atoms with Crippen LogP contribution in [0.25, 0.3) is 0 Å². The number of benzene rings is 2. The Kier molecular flexibility index (Phi) is 12.3. The fourth-order valence-corrected chi connectivity index (χ4v) is 3.62. The first-order valence-electron chi connectivity index (χ1n) is 12.0. The predicted molar refractivity (Wildman–Crippen MR) is 138 cm³/mol. The van der Waals surface area contributed by atoms with Gasteiger partial charge in [-0.25, -0.2) is 5.43 Å². The molecule has 0 unspecified atom stereocenters. The van der Waals surface area contributed by atoms with Crippen LogP contribution < -0.4 is 10.7 Å². The van der Waals surface area contributed by atoms with Gasteiger partial charge in [-0.05, 0) is 55.3 Å². The van der Waals surface area contributed by atoms with Crippen LogP contribution in [0.3, 0.4) is 0 Å². The lowest BCUT2D eigenvalue weighted by Crippen LogP contribution is -2.19. The molecule has 0 saturated carbocycles. The van der Waals surface area contributed by atoms with Gasteiger partial charge in [0.1, 0.15) is 0 Å². The van der Waals surface area contributed by atoms with Crippen LogP contribution in [-0.4, -0.2) is 17.5 Å². The maximum absolute atomic E-state index is 12.4. The molecule has 178 valence electrons. The van der Waals surface area contributed by atoms with E-state index in [0.717, 1.165) is 18.4 Å². The molecular weight excluding hydrogens is 434 g/mol. The van der Waals surface area contributed by atoms with Crippen LogP contribution in [-0.2, 0) is 4.79 Å². The van der Waals surface area contributed by atoms with Crippen molar-refractivity contribution in [1.82, 2.24) is 5.43 Å². The van der Waals surface area contributed by atoms with E-state index >= 15 is 0 Å². The largest absolute Gasteiger partial charge is 0.322 e. The lowest BCUT2D eigenvalue weighted by atomic mass is 10.1. The highest BCUT2D eigenvalue weighted by atomic mass is 35.5. The molecule has 2 aromatic rings. The van der Waals surface area contributed by atoms with Gasteiger partial charge in [0, 0.05) is 22.7 Å². The van der Waals surface area contributed by atoms with Crippen LogP contribution in [0.15, 0.2) is 53.6 Å². The van der Waals surface area contributed by atoms with Crippen LogP contribution in [0, 0.1) is 0 Å². The predicted octanol–water partition coefficient (Wildman–Crippen LogP) is 7.35. The number of nitrogens with zero attached hydrogens (tertiary/aromatic N) is 1. The smallest absolute Gasteiger partial charge is 0.255 e. The monoisotopic (exact) mass is 469 g/mol. The molecule has 2 aromatic carbocycles. The Morgan fingerprint density at radius 3 is 2.15 bits per heavy atom. The first-order chi connectivity index (χ1) is 16.0. The third-order valence-electron chi connectivity index (χ3n) is 5.50.